The first-order valence-electron chi connectivity index (χ1n) is 10.1. The van der Waals surface area contributed by atoms with Crippen molar-refractivity contribution in [3.05, 3.63) is 34.4 Å². The monoisotopic (exact) mass is 501 g/mol. The molecule has 0 aliphatic carbocycles. The minimum absolute atomic E-state index is 0. The SMILES string of the molecule is CCNC(=NCc1c(CC)nn(C)c1CC)NCCCn1nc(C)cc1C.I. The van der Waals surface area contributed by atoms with Gasteiger partial charge in [-0.25, -0.2) is 4.99 Å². The lowest BCUT2D eigenvalue weighted by atomic mass is 10.1. The van der Waals surface area contributed by atoms with Crippen molar-refractivity contribution in [2.75, 3.05) is 13.1 Å². The lowest BCUT2D eigenvalue weighted by molar-refractivity contribution is 0.555. The van der Waals surface area contributed by atoms with Gasteiger partial charge in [0, 0.05) is 43.6 Å². The highest BCUT2D eigenvalue weighted by atomic mass is 127. The topological polar surface area (TPSA) is 72.1 Å². The summed E-state index contributed by atoms with van der Waals surface area (Å²) in [4.78, 5) is 4.80. The Balaban J connectivity index is 0.00000392. The third kappa shape index (κ3) is 6.49. The predicted molar refractivity (Wildman–Crippen MR) is 127 cm³/mol. The number of aromatic nitrogens is 4. The Morgan fingerprint density at radius 1 is 1.11 bits per heavy atom. The van der Waals surface area contributed by atoms with E-state index in [1.54, 1.807) is 0 Å². The zero-order valence-electron chi connectivity index (χ0n) is 18.2. The quantitative estimate of drug-likeness (QED) is 0.240. The summed E-state index contributed by atoms with van der Waals surface area (Å²) in [5.74, 6) is 0.860. The van der Waals surface area contributed by atoms with E-state index in [2.05, 4.69) is 59.3 Å². The average molecular weight is 501 g/mol. The van der Waals surface area contributed by atoms with E-state index < -0.39 is 0 Å². The highest BCUT2D eigenvalue weighted by Gasteiger charge is 2.13. The molecule has 7 nitrogen and oxygen atoms in total. The van der Waals surface area contributed by atoms with Crippen LogP contribution in [0.5, 0.6) is 0 Å². The van der Waals surface area contributed by atoms with E-state index in [0.29, 0.717) is 6.54 Å². The van der Waals surface area contributed by atoms with E-state index in [1.807, 2.05) is 18.7 Å². The van der Waals surface area contributed by atoms with Crippen LogP contribution in [0.2, 0.25) is 0 Å². The van der Waals surface area contributed by atoms with Gasteiger partial charge < -0.3 is 10.6 Å². The van der Waals surface area contributed by atoms with E-state index >= 15 is 0 Å². The van der Waals surface area contributed by atoms with Crippen molar-refractivity contribution in [3.63, 3.8) is 0 Å². The maximum Gasteiger partial charge on any atom is 0.191 e. The molecular formula is C20H36IN7. The van der Waals surface area contributed by atoms with Crippen LogP contribution in [0.15, 0.2) is 11.1 Å². The zero-order valence-corrected chi connectivity index (χ0v) is 20.5. The molecule has 2 rings (SSSR count). The van der Waals surface area contributed by atoms with Crippen molar-refractivity contribution >= 4 is 29.9 Å². The van der Waals surface area contributed by atoms with Crippen LogP contribution < -0.4 is 10.6 Å². The lowest BCUT2D eigenvalue weighted by Gasteiger charge is -2.12. The smallest absolute Gasteiger partial charge is 0.191 e. The number of aryl methyl sites for hydroxylation is 5. The summed E-state index contributed by atoms with van der Waals surface area (Å²) in [5, 5.41) is 15.9. The van der Waals surface area contributed by atoms with E-state index in [1.165, 1.54) is 17.0 Å². The van der Waals surface area contributed by atoms with Gasteiger partial charge in [-0.1, -0.05) is 13.8 Å². The molecule has 0 amide bonds. The van der Waals surface area contributed by atoms with Gasteiger partial charge in [-0.2, -0.15) is 10.2 Å². The van der Waals surface area contributed by atoms with Gasteiger partial charge >= 0.3 is 0 Å². The van der Waals surface area contributed by atoms with Gasteiger partial charge in [0.15, 0.2) is 5.96 Å². The molecule has 0 aromatic carbocycles. The Hall–Kier alpha value is -1.58. The Morgan fingerprint density at radius 3 is 2.43 bits per heavy atom. The molecule has 2 N–H and O–H groups in total. The maximum absolute atomic E-state index is 4.80. The van der Waals surface area contributed by atoms with Crippen molar-refractivity contribution in [2.24, 2.45) is 12.0 Å². The molecule has 0 atom stereocenters. The van der Waals surface area contributed by atoms with Crippen molar-refractivity contribution < 1.29 is 0 Å². The summed E-state index contributed by atoms with van der Waals surface area (Å²) >= 11 is 0. The largest absolute Gasteiger partial charge is 0.357 e. The molecule has 0 aliphatic rings. The molecule has 0 aliphatic heterocycles. The van der Waals surface area contributed by atoms with Gasteiger partial charge in [-0.3, -0.25) is 9.36 Å². The molecule has 0 spiro atoms. The minimum Gasteiger partial charge on any atom is -0.357 e. The molecule has 0 saturated heterocycles. The number of nitrogens with zero attached hydrogens (tertiary/aromatic N) is 5. The van der Waals surface area contributed by atoms with Crippen molar-refractivity contribution in [1.82, 2.24) is 30.2 Å². The maximum atomic E-state index is 4.80. The first kappa shape index (κ1) is 24.5. The van der Waals surface area contributed by atoms with Crippen LogP contribution in [0.25, 0.3) is 0 Å². The summed E-state index contributed by atoms with van der Waals surface area (Å²) in [6, 6.07) is 2.11. The minimum atomic E-state index is 0. The molecule has 0 fully saturated rings. The summed E-state index contributed by atoms with van der Waals surface area (Å²) in [6.07, 6.45) is 2.91. The van der Waals surface area contributed by atoms with E-state index in [4.69, 9.17) is 4.99 Å². The highest BCUT2D eigenvalue weighted by Crippen LogP contribution is 2.16. The fourth-order valence-corrected chi connectivity index (χ4v) is 3.41. The first-order valence-corrected chi connectivity index (χ1v) is 10.1. The number of halogens is 1. The van der Waals surface area contributed by atoms with Gasteiger partial charge in [-0.15, -0.1) is 24.0 Å². The summed E-state index contributed by atoms with van der Waals surface area (Å²) < 4.78 is 4.07. The third-order valence-corrected chi connectivity index (χ3v) is 4.71. The van der Waals surface area contributed by atoms with E-state index in [9.17, 15) is 0 Å². The molecule has 0 radical (unpaired) electrons. The van der Waals surface area contributed by atoms with Crippen molar-refractivity contribution in [3.8, 4) is 0 Å². The highest BCUT2D eigenvalue weighted by molar-refractivity contribution is 14.0. The number of hydrogen-bond donors (Lipinski definition) is 2. The normalized spacial score (nSPS) is 11.4. The van der Waals surface area contributed by atoms with Gasteiger partial charge in [0.2, 0.25) is 0 Å². The Morgan fingerprint density at radius 2 is 1.86 bits per heavy atom. The number of nitrogens with one attached hydrogen (secondary N) is 2. The third-order valence-electron chi connectivity index (χ3n) is 4.71. The summed E-state index contributed by atoms with van der Waals surface area (Å²) in [6.45, 7) is 13.8. The van der Waals surface area contributed by atoms with Crippen molar-refractivity contribution in [1.29, 1.82) is 0 Å². The Kier molecular flexibility index (Phi) is 10.6. The predicted octanol–water partition coefficient (Wildman–Crippen LogP) is 3.12. The molecule has 0 saturated carbocycles. The second kappa shape index (κ2) is 12.1. The molecule has 2 heterocycles. The number of aliphatic imine (C=N–C) groups is 1. The molecule has 8 heteroatoms. The van der Waals surface area contributed by atoms with Crippen LogP contribution in [0, 0.1) is 13.8 Å². The number of hydrogen-bond acceptors (Lipinski definition) is 3. The average Bonchev–Trinajstić information content (AvgIpc) is 3.13. The van der Waals surface area contributed by atoms with Gasteiger partial charge in [0.05, 0.1) is 17.9 Å². The molecular weight excluding hydrogens is 465 g/mol. The molecule has 2 aromatic heterocycles. The van der Waals surface area contributed by atoms with Crippen molar-refractivity contribution in [2.45, 2.75) is 67.0 Å². The second-order valence-electron chi connectivity index (χ2n) is 6.83. The fourth-order valence-electron chi connectivity index (χ4n) is 3.41. The second-order valence-corrected chi connectivity index (χ2v) is 6.83. The van der Waals surface area contributed by atoms with Crippen LogP contribution in [0.3, 0.4) is 0 Å². The number of guanidine groups is 1. The Bertz CT molecular complexity index is 761. The van der Waals surface area contributed by atoms with Gasteiger partial charge in [0.1, 0.15) is 0 Å². The Labute approximate surface area is 186 Å². The summed E-state index contributed by atoms with van der Waals surface area (Å²) in [7, 11) is 2.02. The van der Waals surface area contributed by atoms with Gasteiger partial charge in [-0.05, 0) is 46.1 Å². The molecule has 2 aromatic rings. The standard InChI is InChI=1S/C20H35N7.HI/c1-7-18-17(19(8-2)26(6)25-18)14-23-20(21-9-3)22-11-10-12-27-16(5)13-15(4)24-27;/h13H,7-12,14H2,1-6H3,(H2,21,22,23);1H. The van der Waals surface area contributed by atoms with Gasteiger partial charge in [0.25, 0.3) is 0 Å². The lowest BCUT2D eigenvalue weighted by Crippen LogP contribution is -2.38. The fraction of sp³-hybridized carbons (Fsp3) is 0.650. The van der Waals surface area contributed by atoms with Crippen LogP contribution in [-0.2, 0) is 33.0 Å². The molecule has 0 bridgehead atoms. The molecule has 28 heavy (non-hydrogen) atoms. The van der Waals surface area contributed by atoms with Crippen LogP contribution >= 0.6 is 24.0 Å². The van der Waals surface area contributed by atoms with Crippen LogP contribution in [-0.4, -0.2) is 38.6 Å². The summed E-state index contributed by atoms with van der Waals surface area (Å²) in [5.41, 5.74) is 5.98. The molecule has 158 valence electrons. The van der Waals surface area contributed by atoms with Crippen LogP contribution in [0.4, 0.5) is 0 Å². The van der Waals surface area contributed by atoms with E-state index in [-0.39, 0.29) is 24.0 Å². The first-order chi connectivity index (χ1) is 13.0. The van der Waals surface area contributed by atoms with Crippen LogP contribution in [0.1, 0.15) is 55.5 Å². The zero-order chi connectivity index (χ0) is 19.8. The molecule has 0 unspecified atom stereocenters. The number of rotatable bonds is 9. The van der Waals surface area contributed by atoms with E-state index in [0.717, 1.165) is 56.2 Å².